The lowest BCUT2D eigenvalue weighted by molar-refractivity contribution is 0.154. The molecule has 0 fully saturated rings. The van der Waals surface area contributed by atoms with Crippen LogP contribution in [-0.2, 0) is 21.1 Å². The van der Waals surface area contributed by atoms with E-state index in [1.165, 1.54) is 16.7 Å². The Morgan fingerprint density at radius 3 is 2.71 bits per heavy atom. The Labute approximate surface area is 130 Å². The number of sulfone groups is 1. The maximum absolute atomic E-state index is 10.9. The average molecular weight is 333 g/mol. The fourth-order valence-electron chi connectivity index (χ4n) is 1.52. The van der Waals surface area contributed by atoms with Crippen molar-refractivity contribution >= 4 is 27.1 Å². The smallest absolute Gasteiger partial charge is 0.191 e. The number of aliphatic imine (C=N–C) groups is 1. The Balaban J connectivity index is 2.16. The molecule has 0 aliphatic carbocycles. The predicted molar refractivity (Wildman–Crippen MR) is 87.8 cm³/mol. The first-order valence-electron chi connectivity index (χ1n) is 6.65. The van der Waals surface area contributed by atoms with Crippen LogP contribution in [0.5, 0.6) is 0 Å². The molecule has 6 nitrogen and oxygen atoms in total. The Hall–Kier alpha value is -1.12. The average Bonchev–Trinajstić information content (AvgIpc) is 2.81. The van der Waals surface area contributed by atoms with Crippen molar-refractivity contribution < 1.29 is 13.2 Å². The lowest BCUT2D eigenvalue weighted by Crippen LogP contribution is -2.38. The van der Waals surface area contributed by atoms with Gasteiger partial charge in [-0.1, -0.05) is 0 Å². The molecule has 0 amide bonds. The molecule has 1 heterocycles. The number of hydrogen-bond acceptors (Lipinski definition) is 5. The summed E-state index contributed by atoms with van der Waals surface area (Å²) in [6.45, 7) is 4.06. The summed E-state index contributed by atoms with van der Waals surface area (Å²) in [6.07, 6.45) is 1.20. The van der Waals surface area contributed by atoms with Crippen LogP contribution in [0.2, 0.25) is 0 Å². The summed E-state index contributed by atoms with van der Waals surface area (Å²) in [6, 6.07) is 2.09. The third kappa shape index (κ3) is 8.03. The standard InChI is InChI=1S/C13H23N3O3S2/c1-11-4-8-20-12(11)10-16-13(14-2)15-5-6-19-7-9-21(3,17)18/h4,8H,5-7,9-10H2,1-3H3,(H2,14,15,16). The van der Waals surface area contributed by atoms with Gasteiger partial charge >= 0.3 is 0 Å². The largest absolute Gasteiger partial charge is 0.379 e. The van der Waals surface area contributed by atoms with E-state index in [-0.39, 0.29) is 12.4 Å². The molecule has 0 unspecified atom stereocenters. The molecule has 0 spiro atoms. The monoisotopic (exact) mass is 333 g/mol. The molecule has 0 saturated heterocycles. The Morgan fingerprint density at radius 2 is 2.14 bits per heavy atom. The summed E-state index contributed by atoms with van der Waals surface area (Å²) in [7, 11) is -1.24. The molecule has 0 aromatic carbocycles. The van der Waals surface area contributed by atoms with E-state index in [1.54, 1.807) is 18.4 Å². The van der Waals surface area contributed by atoms with Crippen LogP contribution >= 0.6 is 11.3 Å². The van der Waals surface area contributed by atoms with Gasteiger partial charge < -0.3 is 15.4 Å². The number of nitrogens with zero attached hydrogens (tertiary/aromatic N) is 1. The third-order valence-electron chi connectivity index (χ3n) is 2.75. The fraction of sp³-hybridized carbons (Fsp3) is 0.615. The highest BCUT2D eigenvalue weighted by Crippen LogP contribution is 2.14. The minimum Gasteiger partial charge on any atom is -0.379 e. The number of thiophene rings is 1. The van der Waals surface area contributed by atoms with Gasteiger partial charge in [0.2, 0.25) is 0 Å². The van der Waals surface area contributed by atoms with Crippen molar-refractivity contribution in [1.29, 1.82) is 0 Å². The molecule has 0 radical (unpaired) electrons. The van der Waals surface area contributed by atoms with Gasteiger partial charge in [-0.2, -0.15) is 0 Å². The van der Waals surface area contributed by atoms with Gasteiger partial charge in [-0.15, -0.1) is 11.3 Å². The van der Waals surface area contributed by atoms with Gasteiger partial charge in [0, 0.05) is 24.7 Å². The summed E-state index contributed by atoms with van der Waals surface area (Å²) < 4.78 is 27.1. The Morgan fingerprint density at radius 1 is 1.38 bits per heavy atom. The van der Waals surface area contributed by atoms with Crippen LogP contribution < -0.4 is 10.6 Å². The van der Waals surface area contributed by atoms with E-state index >= 15 is 0 Å². The van der Waals surface area contributed by atoms with Gasteiger partial charge in [-0.05, 0) is 23.9 Å². The van der Waals surface area contributed by atoms with Crippen LogP contribution in [0, 0.1) is 6.92 Å². The first-order chi connectivity index (χ1) is 9.92. The Bertz CT molecular complexity index is 553. The van der Waals surface area contributed by atoms with Gasteiger partial charge in [0.15, 0.2) is 5.96 Å². The highest BCUT2D eigenvalue weighted by atomic mass is 32.2. The third-order valence-corrected chi connectivity index (χ3v) is 4.68. The molecule has 0 saturated carbocycles. The van der Waals surface area contributed by atoms with Crippen molar-refractivity contribution in [1.82, 2.24) is 10.6 Å². The molecule has 0 aliphatic heterocycles. The molecule has 1 rings (SSSR count). The van der Waals surface area contributed by atoms with E-state index in [1.807, 2.05) is 0 Å². The maximum Gasteiger partial charge on any atom is 0.191 e. The van der Waals surface area contributed by atoms with Crippen LogP contribution in [0.25, 0.3) is 0 Å². The second-order valence-corrected chi connectivity index (χ2v) is 7.88. The van der Waals surface area contributed by atoms with Crippen molar-refractivity contribution in [2.75, 3.05) is 38.8 Å². The molecule has 8 heteroatoms. The minimum absolute atomic E-state index is 0.0532. The molecule has 2 N–H and O–H groups in total. The van der Waals surface area contributed by atoms with Crippen molar-refractivity contribution in [2.45, 2.75) is 13.5 Å². The number of nitrogens with one attached hydrogen (secondary N) is 2. The second kappa shape index (κ2) is 9.01. The topological polar surface area (TPSA) is 79.8 Å². The zero-order chi connectivity index (χ0) is 15.7. The van der Waals surface area contributed by atoms with Gasteiger partial charge in [-0.25, -0.2) is 8.42 Å². The molecule has 0 aliphatic rings. The second-order valence-electron chi connectivity index (χ2n) is 4.62. The molecule has 1 aromatic heterocycles. The number of ether oxygens (including phenoxy) is 1. The fourth-order valence-corrected chi connectivity index (χ4v) is 2.79. The molecule has 120 valence electrons. The van der Waals surface area contributed by atoms with E-state index in [4.69, 9.17) is 4.74 Å². The molecule has 0 atom stereocenters. The van der Waals surface area contributed by atoms with Gasteiger partial charge in [0.25, 0.3) is 0 Å². The maximum atomic E-state index is 10.9. The van der Waals surface area contributed by atoms with Crippen LogP contribution in [-0.4, -0.2) is 53.2 Å². The van der Waals surface area contributed by atoms with Gasteiger partial charge in [-0.3, -0.25) is 4.99 Å². The van der Waals surface area contributed by atoms with Crippen molar-refractivity contribution in [3.63, 3.8) is 0 Å². The number of aryl methyl sites for hydroxylation is 1. The SMILES string of the molecule is CN=C(NCCOCCS(C)(=O)=O)NCc1sccc1C. The van der Waals surface area contributed by atoms with E-state index in [0.29, 0.717) is 19.1 Å². The van der Waals surface area contributed by atoms with Gasteiger partial charge in [0.1, 0.15) is 9.84 Å². The van der Waals surface area contributed by atoms with Crippen LogP contribution in [0.1, 0.15) is 10.4 Å². The van der Waals surface area contributed by atoms with E-state index in [9.17, 15) is 8.42 Å². The minimum atomic E-state index is -2.95. The van der Waals surface area contributed by atoms with Crippen LogP contribution in [0.15, 0.2) is 16.4 Å². The molecule has 0 bridgehead atoms. The van der Waals surface area contributed by atoms with Crippen molar-refractivity contribution in [3.05, 3.63) is 21.9 Å². The molecule has 1 aromatic rings. The predicted octanol–water partition coefficient (Wildman–Crippen LogP) is 0.783. The highest BCUT2D eigenvalue weighted by molar-refractivity contribution is 7.90. The summed E-state index contributed by atoms with van der Waals surface area (Å²) in [5, 5.41) is 8.41. The number of guanidine groups is 1. The zero-order valence-electron chi connectivity index (χ0n) is 12.7. The van der Waals surface area contributed by atoms with E-state index < -0.39 is 9.84 Å². The number of hydrogen-bond donors (Lipinski definition) is 2. The lowest BCUT2D eigenvalue weighted by atomic mass is 10.3. The first-order valence-corrected chi connectivity index (χ1v) is 9.59. The summed E-state index contributed by atoms with van der Waals surface area (Å²) >= 11 is 1.71. The lowest BCUT2D eigenvalue weighted by Gasteiger charge is -2.11. The van der Waals surface area contributed by atoms with Crippen LogP contribution in [0.3, 0.4) is 0 Å². The van der Waals surface area contributed by atoms with Crippen molar-refractivity contribution in [2.24, 2.45) is 4.99 Å². The number of rotatable bonds is 8. The first kappa shape index (κ1) is 17.9. The normalized spacial score (nSPS) is 12.4. The molecular weight excluding hydrogens is 310 g/mol. The Kier molecular flexibility index (Phi) is 7.69. The highest BCUT2D eigenvalue weighted by Gasteiger charge is 2.03. The van der Waals surface area contributed by atoms with E-state index in [2.05, 4.69) is 34.0 Å². The summed E-state index contributed by atoms with van der Waals surface area (Å²) in [5.74, 6) is 0.756. The van der Waals surface area contributed by atoms with Crippen LogP contribution in [0.4, 0.5) is 0 Å². The quantitative estimate of drug-likeness (QED) is 0.418. The van der Waals surface area contributed by atoms with Gasteiger partial charge in [0.05, 0.1) is 25.5 Å². The zero-order valence-corrected chi connectivity index (χ0v) is 14.3. The van der Waals surface area contributed by atoms with E-state index in [0.717, 1.165) is 6.54 Å². The summed E-state index contributed by atoms with van der Waals surface area (Å²) in [5.41, 5.74) is 1.27. The molecular formula is C13H23N3O3S2. The summed E-state index contributed by atoms with van der Waals surface area (Å²) in [4.78, 5) is 5.40. The van der Waals surface area contributed by atoms with Crippen molar-refractivity contribution in [3.8, 4) is 0 Å². The molecule has 21 heavy (non-hydrogen) atoms.